The molecule has 0 saturated carbocycles. The molecule has 0 spiro atoms. The fourth-order valence-corrected chi connectivity index (χ4v) is 6.00. The smallest absolute Gasteiger partial charge is 0.0542 e. The van der Waals surface area contributed by atoms with Gasteiger partial charge in [-0.2, -0.15) is 0 Å². The molecule has 0 fully saturated rings. The van der Waals surface area contributed by atoms with Crippen molar-refractivity contribution in [3.8, 4) is 21.6 Å². The maximum Gasteiger partial charge on any atom is 0.0542 e. The molecule has 1 aliphatic rings. The van der Waals surface area contributed by atoms with Gasteiger partial charge in [-0.05, 0) is 85.0 Å². The first-order valence-corrected chi connectivity index (χ1v) is 13.6. The lowest BCUT2D eigenvalue weighted by molar-refractivity contribution is 1.27. The minimum absolute atomic E-state index is 1.06. The van der Waals surface area contributed by atoms with Gasteiger partial charge in [0.1, 0.15) is 0 Å². The Labute approximate surface area is 223 Å². The second kappa shape index (κ2) is 10.1. The van der Waals surface area contributed by atoms with Gasteiger partial charge >= 0.3 is 0 Å². The van der Waals surface area contributed by atoms with Crippen LogP contribution in [0.5, 0.6) is 0 Å². The first-order valence-electron chi connectivity index (χ1n) is 12.7. The molecule has 0 unspecified atom stereocenters. The van der Waals surface area contributed by atoms with Crippen molar-refractivity contribution >= 4 is 34.0 Å². The highest BCUT2D eigenvalue weighted by molar-refractivity contribution is 7.16. The van der Waals surface area contributed by atoms with Gasteiger partial charge in [0.2, 0.25) is 0 Å². The number of rotatable bonds is 6. The molecule has 1 aromatic heterocycles. The highest BCUT2D eigenvalue weighted by atomic mass is 32.1. The van der Waals surface area contributed by atoms with Crippen molar-refractivity contribution in [1.82, 2.24) is 0 Å². The number of para-hydroxylation sites is 2. The normalized spacial score (nSPS) is 12.8. The van der Waals surface area contributed by atoms with Crippen molar-refractivity contribution in [1.29, 1.82) is 0 Å². The molecule has 0 saturated heterocycles. The number of allylic oxidation sites excluding steroid dienone is 4. The molecule has 1 nitrogen and oxygen atoms in total. The van der Waals surface area contributed by atoms with E-state index in [0.29, 0.717) is 0 Å². The average molecular weight is 496 g/mol. The highest BCUT2D eigenvalue weighted by Gasteiger charge is 2.17. The quantitative estimate of drug-likeness (QED) is 0.226. The first kappa shape index (κ1) is 23.3. The number of hydrogen-bond donors (Lipinski definition) is 0. The third-order valence-electron chi connectivity index (χ3n) is 6.86. The topological polar surface area (TPSA) is 3.24 Å². The lowest BCUT2D eigenvalue weighted by Crippen LogP contribution is -2.11. The molecule has 0 aliphatic heterocycles. The molecule has 5 aromatic rings. The third kappa shape index (κ3) is 4.81. The Kier molecular flexibility index (Phi) is 6.34. The molecule has 6 rings (SSSR count). The SMILES string of the molecule is CC1=CC=C(c2ccc(-c3ccc(-c4ccc(C)cc4N(c4ccccc4)c4ccccc4)cc3)s2)C1. The molecule has 0 N–H and O–H groups in total. The Morgan fingerprint density at radius 3 is 1.84 bits per heavy atom. The summed E-state index contributed by atoms with van der Waals surface area (Å²) in [4.78, 5) is 5.04. The van der Waals surface area contributed by atoms with Crippen LogP contribution in [0, 0.1) is 6.92 Å². The molecule has 2 heteroatoms. The molecule has 4 aromatic carbocycles. The van der Waals surface area contributed by atoms with E-state index in [-0.39, 0.29) is 0 Å². The predicted molar refractivity (Wildman–Crippen MR) is 161 cm³/mol. The van der Waals surface area contributed by atoms with E-state index in [4.69, 9.17) is 0 Å². The van der Waals surface area contributed by atoms with Crippen LogP contribution < -0.4 is 4.90 Å². The molecule has 0 amide bonds. The summed E-state index contributed by atoms with van der Waals surface area (Å²) in [6, 6.07) is 41.6. The van der Waals surface area contributed by atoms with Crippen molar-refractivity contribution in [3.63, 3.8) is 0 Å². The van der Waals surface area contributed by atoms with Crippen LogP contribution in [0.25, 0.3) is 27.1 Å². The van der Waals surface area contributed by atoms with Crippen molar-refractivity contribution in [2.75, 3.05) is 4.90 Å². The van der Waals surface area contributed by atoms with Crippen molar-refractivity contribution in [3.05, 3.63) is 143 Å². The fourth-order valence-electron chi connectivity index (χ4n) is 4.96. The zero-order valence-corrected chi connectivity index (χ0v) is 22.0. The molecule has 1 heterocycles. The molecule has 0 bridgehead atoms. The van der Waals surface area contributed by atoms with Crippen molar-refractivity contribution in [2.45, 2.75) is 20.3 Å². The van der Waals surface area contributed by atoms with E-state index in [1.54, 1.807) is 0 Å². The number of nitrogens with zero attached hydrogens (tertiary/aromatic N) is 1. The van der Waals surface area contributed by atoms with Gasteiger partial charge in [-0.15, -0.1) is 11.3 Å². The Morgan fingerprint density at radius 1 is 0.595 bits per heavy atom. The number of benzene rings is 4. The van der Waals surface area contributed by atoms with E-state index in [0.717, 1.165) is 17.8 Å². The van der Waals surface area contributed by atoms with Crippen molar-refractivity contribution in [2.24, 2.45) is 0 Å². The number of hydrogen-bond acceptors (Lipinski definition) is 2. The zero-order chi connectivity index (χ0) is 25.2. The lowest BCUT2D eigenvalue weighted by atomic mass is 9.98. The summed E-state index contributed by atoms with van der Waals surface area (Å²) in [5.41, 5.74) is 11.3. The van der Waals surface area contributed by atoms with Crippen LogP contribution in [0.15, 0.2) is 133 Å². The van der Waals surface area contributed by atoms with Crippen LogP contribution in [0.4, 0.5) is 17.1 Å². The van der Waals surface area contributed by atoms with Crippen LogP contribution in [0.2, 0.25) is 0 Å². The van der Waals surface area contributed by atoms with Crippen molar-refractivity contribution < 1.29 is 0 Å². The maximum atomic E-state index is 2.35. The molecule has 1 aliphatic carbocycles. The van der Waals surface area contributed by atoms with Gasteiger partial charge < -0.3 is 4.90 Å². The third-order valence-corrected chi connectivity index (χ3v) is 8.07. The second-order valence-corrected chi connectivity index (χ2v) is 10.7. The van der Waals surface area contributed by atoms with E-state index in [1.807, 2.05) is 11.3 Å². The minimum Gasteiger partial charge on any atom is -0.310 e. The summed E-state index contributed by atoms with van der Waals surface area (Å²) in [6.45, 7) is 4.36. The lowest BCUT2D eigenvalue weighted by Gasteiger charge is -2.28. The van der Waals surface area contributed by atoms with Crippen LogP contribution in [-0.2, 0) is 0 Å². The van der Waals surface area contributed by atoms with E-state index in [1.165, 1.54) is 48.8 Å². The van der Waals surface area contributed by atoms with Crippen LogP contribution in [0.1, 0.15) is 23.8 Å². The molecule has 0 atom stereocenters. The Morgan fingerprint density at radius 2 is 1.22 bits per heavy atom. The summed E-state index contributed by atoms with van der Waals surface area (Å²) in [6.07, 6.45) is 5.56. The summed E-state index contributed by atoms with van der Waals surface area (Å²) in [7, 11) is 0. The van der Waals surface area contributed by atoms with Crippen LogP contribution in [0.3, 0.4) is 0 Å². The standard InChI is InChI=1S/C35H29NS/c1-25-13-15-29(23-25)35-22-21-34(37-35)28-18-16-27(17-19-28)32-20-14-26(2)24-33(32)36(30-9-5-3-6-10-30)31-11-7-4-8-12-31/h3-22,24H,23H2,1-2H3. The monoisotopic (exact) mass is 495 g/mol. The minimum atomic E-state index is 1.06. The molecular weight excluding hydrogens is 466 g/mol. The predicted octanol–water partition coefficient (Wildman–Crippen LogP) is 10.6. The average Bonchev–Trinajstić information content (AvgIpc) is 3.60. The Hall–Kier alpha value is -4.14. The molecule has 37 heavy (non-hydrogen) atoms. The number of aryl methyl sites for hydroxylation is 1. The largest absolute Gasteiger partial charge is 0.310 e. The van der Waals surface area contributed by atoms with Crippen LogP contribution >= 0.6 is 11.3 Å². The summed E-state index contributed by atoms with van der Waals surface area (Å²) in [5, 5.41) is 0. The van der Waals surface area contributed by atoms with E-state index >= 15 is 0 Å². The fraction of sp³-hybridized carbons (Fsp3) is 0.0857. The zero-order valence-electron chi connectivity index (χ0n) is 21.2. The van der Waals surface area contributed by atoms with Gasteiger partial charge in [0.25, 0.3) is 0 Å². The molecule has 0 radical (unpaired) electrons. The summed E-state index contributed by atoms with van der Waals surface area (Å²) >= 11 is 1.88. The number of thiophene rings is 1. The number of anilines is 3. The Balaban J connectivity index is 1.38. The molecule has 180 valence electrons. The summed E-state index contributed by atoms with van der Waals surface area (Å²) < 4.78 is 0. The maximum absolute atomic E-state index is 2.35. The van der Waals surface area contributed by atoms with E-state index in [9.17, 15) is 0 Å². The highest BCUT2D eigenvalue weighted by Crippen LogP contribution is 2.42. The second-order valence-electron chi connectivity index (χ2n) is 9.65. The Bertz CT molecular complexity index is 1550. The van der Waals surface area contributed by atoms with E-state index < -0.39 is 0 Å². The van der Waals surface area contributed by atoms with Gasteiger partial charge in [0.05, 0.1) is 5.69 Å². The van der Waals surface area contributed by atoms with Gasteiger partial charge in [-0.1, -0.05) is 90.5 Å². The van der Waals surface area contributed by atoms with Crippen LogP contribution in [-0.4, -0.2) is 0 Å². The summed E-state index contributed by atoms with van der Waals surface area (Å²) in [5.74, 6) is 0. The van der Waals surface area contributed by atoms with Gasteiger partial charge in [-0.25, -0.2) is 0 Å². The van der Waals surface area contributed by atoms with Gasteiger partial charge in [0.15, 0.2) is 0 Å². The van der Waals surface area contributed by atoms with E-state index in [2.05, 4.69) is 146 Å². The van der Waals surface area contributed by atoms with Gasteiger partial charge in [0, 0.05) is 26.7 Å². The van der Waals surface area contributed by atoms with Gasteiger partial charge in [-0.3, -0.25) is 0 Å². The first-order chi connectivity index (χ1) is 18.2. The molecular formula is C35H29NS.